The summed E-state index contributed by atoms with van der Waals surface area (Å²) in [7, 11) is 0. The molecule has 0 aliphatic carbocycles. The molecule has 380 valence electrons. The van der Waals surface area contributed by atoms with Crippen LogP contribution in [-0.2, 0) is 0 Å². The number of ether oxygens (including phenoxy) is 2. The van der Waals surface area contributed by atoms with Gasteiger partial charge in [0.15, 0.2) is 0 Å². The first-order valence-corrected chi connectivity index (χ1v) is 27.8. The van der Waals surface area contributed by atoms with E-state index in [1.165, 1.54) is 21.5 Å². The number of fused-ring (bicyclic) bond motifs is 19. The second kappa shape index (κ2) is 16.3. The Labute approximate surface area is 468 Å². The normalized spacial score (nSPS) is 12.8. The number of nitrogens with zero attached hydrogens (tertiary/aromatic N) is 7. The van der Waals surface area contributed by atoms with Gasteiger partial charge in [0.25, 0.3) is 6.71 Å². The first-order chi connectivity index (χ1) is 40.7. The Kier molecular flexibility index (Phi) is 8.69. The molecule has 6 aromatic heterocycles. The van der Waals surface area contributed by atoms with E-state index in [2.05, 4.69) is 277 Å². The van der Waals surface area contributed by atoms with Gasteiger partial charge in [0.2, 0.25) is 5.78 Å². The molecule has 8 heterocycles. The maximum atomic E-state index is 7.25. The Morgan fingerprint density at radius 3 is 1.41 bits per heavy atom. The van der Waals surface area contributed by atoms with Gasteiger partial charge in [-0.15, -0.1) is 0 Å². The molecule has 9 nitrogen and oxygen atoms in total. The molecule has 0 saturated heterocycles. The van der Waals surface area contributed by atoms with E-state index < -0.39 is 0 Å². The Balaban J connectivity index is 0.821. The van der Waals surface area contributed by atoms with Gasteiger partial charge in [0.1, 0.15) is 40.2 Å². The SMILES string of the molecule is c1ccc(-n2c3ccccc3n3c4ccc5c6ccccc6n(-c6cc7c8c(c6)Oc6ccc(-c9cc(-n%10c%11ccccc%11c%11ccccc%11%10)nc(-n%10c%11ccccc%11c%11ccccc%11%10)c9)cc6B8c6ccccc6O7)c5c4nc23)cc1. The van der Waals surface area contributed by atoms with Crippen molar-refractivity contribution in [2.75, 3.05) is 0 Å². The summed E-state index contributed by atoms with van der Waals surface area (Å²) in [5.41, 5.74) is 17.8. The summed E-state index contributed by atoms with van der Waals surface area (Å²) in [5.74, 6) is 5.65. The van der Waals surface area contributed by atoms with Gasteiger partial charge in [-0.2, -0.15) is 0 Å². The van der Waals surface area contributed by atoms with Gasteiger partial charge >= 0.3 is 0 Å². The lowest BCUT2D eigenvalue weighted by Crippen LogP contribution is -2.57. The minimum absolute atomic E-state index is 0.187. The second-order valence-corrected chi connectivity index (χ2v) is 21.7. The van der Waals surface area contributed by atoms with Gasteiger partial charge in [-0.25, -0.2) is 9.97 Å². The van der Waals surface area contributed by atoms with Crippen molar-refractivity contribution in [2.45, 2.75) is 0 Å². The lowest BCUT2D eigenvalue weighted by atomic mass is 9.34. The Morgan fingerprint density at radius 2 is 0.805 bits per heavy atom. The molecule has 82 heavy (non-hydrogen) atoms. The van der Waals surface area contributed by atoms with Crippen LogP contribution < -0.4 is 25.9 Å². The molecule has 2 aliphatic rings. The average molecular weight is 1050 g/mol. The predicted octanol–water partition coefficient (Wildman–Crippen LogP) is 15.5. The smallest absolute Gasteiger partial charge is 0.260 e. The van der Waals surface area contributed by atoms with Crippen molar-refractivity contribution in [1.82, 2.24) is 32.6 Å². The molecule has 0 unspecified atom stereocenters. The van der Waals surface area contributed by atoms with Crippen LogP contribution in [0.4, 0.5) is 0 Å². The van der Waals surface area contributed by atoms with Gasteiger partial charge in [0, 0.05) is 55.6 Å². The molecular weight excluding hydrogens is 1010 g/mol. The fourth-order valence-corrected chi connectivity index (χ4v) is 14.0. The highest BCUT2D eigenvalue weighted by Crippen LogP contribution is 2.44. The standard InChI is InChI=1S/C72H42BN7O2/c1-2-18-45(19-3-1)77-60-31-15-16-32-61(60)80-62-36-35-52-51-24-8-10-26-55(51)76(71(52)70(62)75-72(77)80)46-41-65-69-66(42-46)82-64-37-34-43(38-54(64)73(69)53-25-9-17-33-63(53)81-65)44-39-67(78-56-27-11-4-20-47(56)48-21-5-12-28-57(48)78)74-68(40-44)79-58-29-13-6-22-49(58)50-23-7-14-30-59(50)79/h1-42H. The van der Waals surface area contributed by atoms with Crippen LogP contribution in [0.2, 0.25) is 0 Å². The maximum absolute atomic E-state index is 7.25. The van der Waals surface area contributed by atoms with Crippen molar-refractivity contribution in [2.24, 2.45) is 0 Å². The van der Waals surface area contributed by atoms with Crippen LogP contribution in [0.25, 0.3) is 127 Å². The van der Waals surface area contributed by atoms with Gasteiger partial charge in [0.05, 0.1) is 55.3 Å². The van der Waals surface area contributed by atoms with Gasteiger partial charge in [-0.3, -0.25) is 18.1 Å². The molecule has 0 radical (unpaired) electrons. The van der Waals surface area contributed by atoms with Gasteiger partial charge in [-0.05, 0) is 113 Å². The van der Waals surface area contributed by atoms with Crippen molar-refractivity contribution in [1.29, 1.82) is 0 Å². The number of rotatable bonds is 5. The zero-order valence-corrected chi connectivity index (χ0v) is 43.8. The number of para-hydroxylation sites is 9. The van der Waals surface area contributed by atoms with Crippen molar-refractivity contribution in [3.05, 3.63) is 255 Å². The molecule has 0 bridgehead atoms. The topological polar surface area (TPSA) is 68.4 Å². The molecule has 19 rings (SSSR count). The number of hydrogen-bond acceptors (Lipinski definition) is 4. The van der Waals surface area contributed by atoms with E-state index >= 15 is 0 Å². The lowest BCUT2D eigenvalue weighted by molar-refractivity contribution is 0.464. The molecule has 11 aromatic carbocycles. The summed E-state index contributed by atoms with van der Waals surface area (Å²) in [6.45, 7) is -0.187. The minimum Gasteiger partial charge on any atom is -0.458 e. The molecule has 0 amide bonds. The van der Waals surface area contributed by atoms with Crippen LogP contribution in [0.1, 0.15) is 0 Å². The zero-order valence-electron chi connectivity index (χ0n) is 43.8. The van der Waals surface area contributed by atoms with Crippen LogP contribution in [-0.4, -0.2) is 39.3 Å². The first kappa shape index (κ1) is 43.8. The third kappa shape index (κ3) is 5.91. The summed E-state index contributed by atoms with van der Waals surface area (Å²) in [5, 5.41) is 6.99. The van der Waals surface area contributed by atoms with E-state index in [1.807, 2.05) is 0 Å². The van der Waals surface area contributed by atoms with Crippen molar-refractivity contribution in [3.8, 4) is 57.1 Å². The fourth-order valence-electron chi connectivity index (χ4n) is 14.0. The number of imidazole rings is 2. The fraction of sp³-hybridized carbons (Fsp3) is 0. The van der Waals surface area contributed by atoms with E-state index in [9.17, 15) is 0 Å². The third-order valence-corrected chi connectivity index (χ3v) is 17.4. The van der Waals surface area contributed by atoms with E-state index in [4.69, 9.17) is 19.4 Å². The Bertz CT molecular complexity index is 5370. The highest BCUT2D eigenvalue weighted by molar-refractivity contribution is 6.98. The molecule has 10 heteroatoms. The summed E-state index contributed by atoms with van der Waals surface area (Å²) < 4.78 is 25.9. The molecule has 0 saturated carbocycles. The number of hydrogen-bond donors (Lipinski definition) is 0. The molecule has 2 aliphatic heterocycles. The van der Waals surface area contributed by atoms with E-state index in [0.29, 0.717) is 0 Å². The molecule has 17 aromatic rings. The largest absolute Gasteiger partial charge is 0.458 e. The Morgan fingerprint density at radius 1 is 0.305 bits per heavy atom. The van der Waals surface area contributed by atoms with Crippen molar-refractivity contribution in [3.63, 3.8) is 0 Å². The van der Waals surface area contributed by atoms with Crippen LogP contribution in [0, 0.1) is 0 Å². The van der Waals surface area contributed by atoms with Gasteiger partial charge in [-0.1, -0.05) is 152 Å². The molecule has 0 spiro atoms. The molecular formula is C72H42BN7O2. The minimum atomic E-state index is -0.187. The molecule has 0 atom stereocenters. The van der Waals surface area contributed by atoms with E-state index in [0.717, 1.165) is 145 Å². The quantitative estimate of drug-likeness (QED) is 0.161. The van der Waals surface area contributed by atoms with Crippen LogP contribution in [0.3, 0.4) is 0 Å². The average Bonchev–Trinajstić information content (AvgIpc) is 2.06. The maximum Gasteiger partial charge on any atom is 0.260 e. The van der Waals surface area contributed by atoms with Crippen LogP contribution >= 0.6 is 0 Å². The monoisotopic (exact) mass is 1050 g/mol. The highest BCUT2D eigenvalue weighted by Gasteiger charge is 2.41. The number of aromatic nitrogens is 7. The summed E-state index contributed by atoms with van der Waals surface area (Å²) in [4.78, 5) is 11.3. The van der Waals surface area contributed by atoms with Crippen molar-refractivity contribution < 1.29 is 9.47 Å². The van der Waals surface area contributed by atoms with Crippen LogP contribution in [0.15, 0.2) is 255 Å². The number of benzene rings is 11. The van der Waals surface area contributed by atoms with Crippen molar-refractivity contribution >= 4 is 116 Å². The lowest BCUT2D eigenvalue weighted by Gasteiger charge is -2.33. The van der Waals surface area contributed by atoms with E-state index in [1.54, 1.807) is 0 Å². The summed E-state index contributed by atoms with van der Waals surface area (Å²) >= 11 is 0. The first-order valence-electron chi connectivity index (χ1n) is 27.8. The van der Waals surface area contributed by atoms with E-state index in [-0.39, 0.29) is 6.71 Å². The Hall–Kier alpha value is -11.1. The summed E-state index contributed by atoms with van der Waals surface area (Å²) in [6.07, 6.45) is 0. The molecule has 0 fully saturated rings. The molecule has 0 N–H and O–H groups in total. The number of pyridine rings is 1. The predicted molar refractivity (Wildman–Crippen MR) is 333 cm³/mol. The van der Waals surface area contributed by atoms with Crippen LogP contribution in [0.5, 0.6) is 23.0 Å². The third-order valence-electron chi connectivity index (χ3n) is 17.4. The summed E-state index contributed by atoms with van der Waals surface area (Å²) in [6, 6.07) is 90.9. The van der Waals surface area contributed by atoms with Gasteiger partial charge < -0.3 is 14.0 Å². The second-order valence-electron chi connectivity index (χ2n) is 21.7. The highest BCUT2D eigenvalue weighted by atomic mass is 16.5. The zero-order chi connectivity index (χ0) is 53.3.